The molecule has 19 heavy (non-hydrogen) atoms. The van der Waals surface area contributed by atoms with E-state index in [0.717, 1.165) is 25.3 Å². The summed E-state index contributed by atoms with van der Waals surface area (Å²) in [5, 5.41) is 7.71. The van der Waals surface area contributed by atoms with Crippen molar-refractivity contribution in [3.05, 3.63) is 17.0 Å². The van der Waals surface area contributed by atoms with Gasteiger partial charge in [-0.3, -0.25) is 9.48 Å². The van der Waals surface area contributed by atoms with Crippen LogP contribution in [0, 0.1) is 13.8 Å². The Hall–Kier alpha value is -1.36. The van der Waals surface area contributed by atoms with E-state index in [1.165, 1.54) is 11.3 Å². The molecule has 0 radical (unpaired) electrons. The van der Waals surface area contributed by atoms with Gasteiger partial charge < -0.3 is 10.2 Å². The lowest BCUT2D eigenvalue weighted by molar-refractivity contribution is -0.130. The van der Waals surface area contributed by atoms with E-state index in [0.29, 0.717) is 13.0 Å². The van der Waals surface area contributed by atoms with E-state index in [2.05, 4.69) is 17.3 Å². The van der Waals surface area contributed by atoms with E-state index in [4.69, 9.17) is 0 Å². The highest BCUT2D eigenvalue weighted by Gasteiger charge is 2.10. The number of aromatic nitrogens is 2. The molecule has 0 saturated carbocycles. The number of hydrogen-bond donors (Lipinski definition) is 1. The van der Waals surface area contributed by atoms with Crippen molar-refractivity contribution in [2.75, 3.05) is 19.6 Å². The number of nitrogens with one attached hydrogen (secondary N) is 1. The Kier molecular flexibility index (Phi) is 6.02. The largest absolute Gasteiger partial charge is 0.343 e. The average Bonchev–Trinajstić information content (AvgIpc) is 2.61. The first-order chi connectivity index (χ1) is 9.01. The van der Waals surface area contributed by atoms with Crippen LogP contribution in [0.2, 0.25) is 0 Å². The first-order valence-electron chi connectivity index (χ1n) is 6.98. The molecule has 0 bridgehead atoms. The van der Waals surface area contributed by atoms with Crippen molar-refractivity contribution < 1.29 is 4.79 Å². The third-order valence-corrected chi connectivity index (χ3v) is 3.59. The smallest absolute Gasteiger partial charge is 0.223 e. The summed E-state index contributed by atoms with van der Waals surface area (Å²) in [5.41, 5.74) is 3.47. The molecule has 1 N–H and O–H groups in total. The van der Waals surface area contributed by atoms with Gasteiger partial charge in [-0.05, 0) is 27.7 Å². The molecule has 1 aromatic rings. The molecule has 1 amide bonds. The maximum absolute atomic E-state index is 11.8. The van der Waals surface area contributed by atoms with Gasteiger partial charge >= 0.3 is 0 Å². The van der Waals surface area contributed by atoms with Crippen LogP contribution >= 0.6 is 0 Å². The number of carbonyl (C=O) groups excluding carboxylic acids is 1. The SMILES string of the molecule is CCN(CC)C(=O)CCNCc1c(C)nn(C)c1C. The predicted octanol–water partition coefficient (Wildman–Crippen LogP) is 1.39. The Bertz CT molecular complexity index is 421. The fraction of sp³-hybridized carbons (Fsp3) is 0.714. The molecule has 5 heteroatoms. The minimum absolute atomic E-state index is 0.220. The Morgan fingerprint density at radius 1 is 1.32 bits per heavy atom. The molecule has 1 heterocycles. The van der Waals surface area contributed by atoms with E-state index in [1.54, 1.807) is 0 Å². The number of rotatable bonds is 7. The average molecular weight is 266 g/mol. The lowest BCUT2D eigenvalue weighted by Crippen LogP contribution is -2.32. The quantitative estimate of drug-likeness (QED) is 0.759. The number of hydrogen-bond acceptors (Lipinski definition) is 3. The van der Waals surface area contributed by atoms with Gasteiger partial charge in [0.1, 0.15) is 0 Å². The van der Waals surface area contributed by atoms with Gasteiger partial charge in [0.25, 0.3) is 0 Å². The van der Waals surface area contributed by atoms with Crippen LogP contribution in [-0.2, 0) is 18.4 Å². The predicted molar refractivity (Wildman–Crippen MR) is 76.9 cm³/mol. The van der Waals surface area contributed by atoms with Crippen LogP contribution in [0.3, 0.4) is 0 Å². The van der Waals surface area contributed by atoms with Gasteiger partial charge in [0.2, 0.25) is 5.91 Å². The summed E-state index contributed by atoms with van der Waals surface area (Å²) in [4.78, 5) is 13.7. The van der Waals surface area contributed by atoms with Crippen molar-refractivity contribution in [2.24, 2.45) is 7.05 Å². The van der Waals surface area contributed by atoms with Crippen LogP contribution in [-0.4, -0.2) is 40.2 Å². The highest BCUT2D eigenvalue weighted by atomic mass is 16.2. The summed E-state index contributed by atoms with van der Waals surface area (Å²) >= 11 is 0. The molecule has 0 atom stereocenters. The van der Waals surface area contributed by atoms with Crippen LogP contribution in [0.25, 0.3) is 0 Å². The lowest BCUT2D eigenvalue weighted by atomic mass is 10.2. The Balaban J connectivity index is 2.37. The molecule has 1 aromatic heterocycles. The summed E-state index contributed by atoms with van der Waals surface area (Å²) in [6.45, 7) is 11.2. The second kappa shape index (κ2) is 7.28. The van der Waals surface area contributed by atoms with Crippen molar-refractivity contribution in [2.45, 2.75) is 40.7 Å². The molecule has 0 spiro atoms. The zero-order valence-electron chi connectivity index (χ0n) is 12.8. The first kappa shape index (κ1) is 15.7. The topological polar surface area (TPSA) is 50.2 Å². The fourth-order valence-electron chi connectivity index (χ4n) is 2.22. The molecule has 0 aromatic carbocycles. The van der Waals surface area contributed by atoms with Gasteiger partial charge in [-0.15, -0.1) is 0 Å². The van der Waals surface area contributed by atoms with Crippen LogP contribution in [0.4, 0.5) is 0 Å². The third kappa shape index (κ3) is 4.06. The molecule has 0 saturated heterocycles. The van der Waals surface area contributed by atoms with Crippen molar-refractivity contribution in [1.82, 2.24) is 20.0 Å². The minimum Gasteiger partial charge on any atom is -0.343 e. The van der Waals surface area contributed by atoms with Crippen LogP contribution < -0.4 is 5.32 Å². The molecular formula is C14H26N4O. The normalized spacial score (nSPS) is 10.8. The van der Waals surface area contributed by atoms with E-state index < -0.39 is 0 Å². The summed E-state index contributed by atoms with van der Waals surface area (Å²) in [6.07, 6.45) is 0.556. The molecule has 0 fully saturated rings. The fourth-order valence-corrected chi connectivity index (χ4v) is 2.22. The highest BCUT2D eigenvalue weighted by Crippen LogP contribution is 2.11. The minimum atomic E-state index is 0.220. The van der Waals surface area contributed by atoms with E-state index >= 15 is 0 Å². The summed E-state index contributed by atoms with van der Waals surface area (Å²) in [5.74, 6) is 0.220. The van der Waals surface area contributed by atoms with Gasteiger partial charge in [-0.1, -0.05) is 0 Å². The van der Waals surface area contributed by atoms with Gasteiger partial charge in [0.15, 0.2) is 0 Å². The first-order valence-corrected chi connectivity index (χ1v) is 6.98. The maximum Gasteiger partial charge on any atom is 0.223 e. The Morgan fingerprint density at radius 2 is 1.95 bits per heavy atom. The zero-order chi connectivity index (χ0) is 14.4. The van der Waals surface area contributed by atoms with Crippen LogP contribution in [0.5, 0.6) is 0 Å². The summed E-state index contributed by atoms with van der Waals surface area (Å²) in [6, 6.07) is 0. The molecule has 0 aliphatic carbocycles. The van der Waals surface area contributed by atoms with Crippen LogP contribution in [0.15, 0.2) is 0 Å². The van der Waals surface area contributed by atoms with E-state index in [-0.39, 0.29) is 5.91 Å². The Morgan fingerprint density at radius 3 is 2.42 bits per heavy atom. The zero-order valence-corrected chi connectivity index (χ0v) is 12.8. The molecule has 5 nitrogen and oxygen atoms in total. The second-order valence-corrected chi connectivity index (χ2v) is 4.77. The molecule has 0 unspecified atom stereocenters. The molecular weight excluding hydrogens is 240 g/mol. The maximum atomic E-state index is 11.8. The third-order valence-electron chi connectivity index (χ3n) is 3.59. The van der Waals surface area contributed by atoms with Gasteiger partial charge in [0.05, 0.1) is 5.69 Å². The van der Waals surface area contributed by atoms with E-state index in [9.17, 15) is 4.79 Å². The lowest BCUT2D eigenvalue weighted by Gasteiger charge is -2.18. The van der Waals surface area contributed by atoms with Crippen LogP contribution in [0.1, 0.15) is 37.2 Å². The van der Waals surface area contributed by atoms with Crippen molar-refractivity contribution in [1.29, 1.82) is 0 Å². The second-order valence-electron chi connectivity index (χ2n) is 4.77. The molecule has 0 aliphatic heterocycles. The standard InChI is InChI=1S/C14H26N4O/c1-6-18(7-2)14(19)8-9-15-10-13-11(3)16-17(5)12(13)4/h15H,6-10H2,1-5H3. The number of aryl methyl sites for hydroxylation is 2. The van der Waals surface area contributed by atoms with Gasteiger partial charge in [-0.25, -0.2) is 0 Å². The molecule has 108 valence electrons. The van der Waals surface area contributed by atoms with Crippen molar-refractivity contribution in [3.63, 3.8) is 0 Å². The number of amides is 1. The van der Waals surface area contributed by atoms with Crippen molar-refractivity contribution >= 4 is 5.91 Å². The molecule has 0 aliphatic rings. The van der Waals surface area contributed by atoms with E-state index in [1.807, 2.05) is 37.4 Å². The monoisotopic (exact) mass is 266 g/mol. The number of carbonyl (C=O) groups is 1. The van der Waals surface area contributed by atoms with Gasteiger partial charge in [-0.2, -0.15) is 5.10 Å². The van der Waals surface area contributed by atoms with Gasteiger partial charge in [0, 0.05) is 50.9 Å². The summed E-state index contributed by atoms with van der Waals surface area (Å²) < 4.78 is 1.90. The molecule has 1 rings (SSSR count). The number of nitrogens with zero attached hydrogens (tertiary/aromatic N) is 3. The Labute approximate surface area is 116 Å². The summed E-state index contributed by atoms with van der Waals surface area (Å²) in [7, 11) is 1.95. The van der Waals surface area contributed by atoms with Crippen molar-refractivity contribution in [3.8, 4) is 0 Å². The highest BCUT2D eigenvalue weighted by molar-refractivity contribution is 5.76.